The summed E-state index contributed by atoms with van der Waals surface area (Å²) in [6.45, 7) is 21.2. The highest BCUT2D eigenvalue weighted by Crippen LogP contribution is 2.41. The van der Waals surface area contributed by atoms with Crippen molar-refractivity contribution in [3.63, 3.8) is 0 Å². The minimum atomic E-state index is -1.39. The van der Waals surface area contributed by atoms with Gasteiger partial charge in [0.2, 0.25) is 0 Å². The van der Waals surface area contributed by atoms with Crippen LogP contribution in [0, 0.1) is 72.8 Å². The third kappa shape index (κ3) is 20.3. The molecular formula is C70H88Cl2F2N14O13. The van der Waals surface area contributed by atoms with Gasteiger partial charge in [0, 0.05) is 77.6 Å². The van der Waals surface area contributed by atoms with Crippen molar-refractivity contribution in [3.8, 4) is 47.4 Å². The second kappa shape index (κ2) is 32.1. The van der Waals surface area contributed by atoms with Gasteiger partial charge in [-0.1, -0.05) is 23.7 Å². The molecule has 4 aliphatic rings. The van der Waals surface area contributed by atoms with E-state index in [9.17, 15) is 33.9 Å². The lowest BCUT2D eigenvalue weighted by Crippen LogP contribution is -2.38. The Kier molecular flexibility index (Phi) is 25.7. The fourth-order valence-corrected chi connectivity index (χ4v) is 11.4. The van der Waals surface area contributed by atoms with Crippen molar-refractivity contribution >= 4 is 94.4 Å². The first-order chi connectivity index (χ1) is 46.2. The van der Waals surface area contributed by atoms with Crippen LogP contribution in [0.25, 0.3) is 22.1 Å². The average molecular weight is 1440 g/mol. The number of nitrogens with one attached hydrogen (secondary N) is 1. The number of carboxylic acids is 1. The molecule has 4 atom stereocenters. The molecule has 6 heterocycles. The van der Waals surface area contributed by atoms with Gasteiger partial charge < -0.3 is 65.1 Å². The molecule has 2 aromatic carbocycles. The molecule has 0 unspecified atom stereocenters. The van der Waals surface area contributed by atoms with Gasteiger partial charge in [0.15, 0.2) is 23.0 Å². The van der Waals surface area contributed by atoms with Crippen LogP contribution in [-0.2, 0) is 28.5 Å². The number of nitrogens with two attached hydrogens (primary N) is 2. The monoisotopic (exact) mass is 1440 g/mol. The van der Waals surface area contributed by atoms with Crippen LogP contribution in [0.4, 0.5) is 30.0 Å². The predicted octanol–water partition coefficient (Wildman–Crippen LogP) is 7.57. The van der Waals surface area contributed by atoms with Crippen LogP contribution < -0.4 is 26.6 Å². The van der Waals surface area contributed by atoms with Crippen molar-refractivity contribution < 1.29 is 71.8 Å². The second-order valence-electron chi connectivity index (χ2n) is 27.8. The summed E-state index contributed by atoms with van der Waals surface area (Å²) >= 11 is 0. The largest absolute Gasteiger partial charge is 0.472 e. The Morgan fingerprint density at radius 2 is 1.04 bits per heavy atom. The Bertz CT molecular complexity index is 4420. The van der Waals surface area contributed by atoms with E-state index in [2.05, 4.69) is 71.5 Å². The van der Waals surface area contributed by atoms with Crippen LogP contribution in [0.5, 0.6) is 0 Å². The molecule has 8 N–H and O–H groups in total. The van der Waals surface area contributed by atoms with Crippen LogP contribution in [-0.4, -0.2) is 184 Å². The number of imidazole rings is 2. The van der Waals surface area contributed by atoms with Crippen molar-refractivity contribution in [1.82, 2.24) is 48.9 Å². The number of aliphatic carboxylic acids is 1. The van der Waals surface area contributed by atoms with Gasteiger partial charge in [0.05, 0.1) is 64.5 Å². The molecule has 31 heteroatoms. The van der Waals surface area contributed by atoms with E-state index < -0.39 is 82.0 Å². The van der Waals surface area contributed by atoms with Crippen LogP contribution in [0.15, 0.2) is 24.3 Å². The molecule has 27 nitrogen and oxygen atoms in total. The summed E-state index contributed by atoms with van der Waals surface area (Å²) in [4.78, 5) is 88.3. The van der Waals surface area contributed by atoms with Crippen LogP contribution in [0.3, 0.4) is 0 Å². The quantitative estimate of drug-likeness (QED) is 0.0643. The average Bonchev–Trinajstić information content (AvgIpc) is 1.21. The summed E-state index contributed by atoms with van der Waals surface area (Å²) in [5, 5.41) is 39.5. The number of carbonyl (C=O) groups excluding carboxylic acids is 5. The number of methoxy groups -OCH3 is 2. The normalized spacial score (nSPS) is 17.1. The van der Waals surface area contributed by atoms with E-state index >= 15 is 8.78 Å². The fraction of sp³-hybridized carbons (Fsp3) is 0.514. The van der Waals surface area contributed by atoms with Gasteiger partial charge in [-0.2, -0.15) is 10.2 Å². The Labute approximate surface area is 597 Å². The zero-order chi connectivity index (χ0) is 73.1. The standard InChI is InChI=1S/C35H42FN7O6.C29H36FN7O4.C6H8O3.2ClH/c1-20-38-27-15-21(25(36)17-28(27)42(20)22-10-11-22)9-12-26-30(31(37)45)32(40(7)33(46)49-34(2,3)4)43(39-26)23-16-24(19-48-8)41(18-23)29(44)13-14-35(5,6)47;1-16-33-23-11-17(21(30)13-24(23)36(16)19-8-9-19)7-10-22-25(26(31)38)27(35(5)28(39)41-29(2,3)4)37(34-22)20-12-18(15-40-6)32-14-20;1-6(2,9)4-3-5(7)8;;/h15,17,22-24,47H,10-11,16,18-19H2,1-8H3,(H2,37,45);11,13,18-20,32H,8-9,12,14-15H2,1-6H3,(H2,31,38);9H,1-2H3,(H,7,8);2*1H/t23-,24+;18-,20+;;;/m01.../s1. The van der Waals surface area contributed by atoms with Crippen molar-refractivity contribution in [3.05, 3.63) is 81.2 Å². The lowest BCUT2D eigenvalue weighted by molar-refractivity contribution is -0.130. The van der Waals surface area contributed by atoms with Gasteiger partial charge >= 0.3 is 18.2 Å². The first kappa shape index (κ1) is 80.7. The molecule has 2 saturated carbocycles. The molecule has 5 amide bonds. The molecule has 0 radical (unpaired) electrons. The molecule has 2 aliphatic heterocycles. The number of aryl methyl sites for hydroxylation is 2. The van der Waals surface area contributed by atoms with Gasteiger partial charge in [0.25, 0.3) is 17.7 Å². The number of aliphatic hydroxyl groups is 2. The van der Waals surface area contributed by atoms with Gasteiger partial charge in [-0.25, -0.2) is 42.5 Å². The van der Waals surface area contributed by atoms with Crippen LogP contribution in [0.2, 0.25) is 0 Å². The SMILES string of the molecule is CC(C)(O)C#CC(=O)O.COC[C@H]1C[C@H](n2nc(C#Cc3cc4nc(C)n(C5CC5)c4cc3F)c(C(N)=O)c2N(C)C(=O)OC(C)(C)C)CN1.COC[C@H]1C[C@H](n2nc(C#Cc3cc4nc(C)n(C5CC5)c4cc3F)c(C(N)=O)c2N(C)C(=O)OC(C)(C)C)CN1C(=O)C#CC(C)(C)O.Cl.Cl. The van der Waals surface area contributed by atoms with Crippen molar-refractivity contribution in [1.29, 1.82) is 0 Å². The number of anilines is 2. The van der Waals surface area contributed by atoms with Gasteiger partial charge in [-0.15, -0.1) is 24.8 Å². The zero-order valence-electron chi connectivity index (χ0n) is 59.4. The number of fused-ring (bicyclic) bond motifs is 2. The van der Waals surface area contributed by atoms with Crippen LogP contribution in [0.1, 0.15) is 187 Å². The summed E-state index contributed by atoms with van der Waals surface area (Å²) in [6.07, 6.45) is 3.60. The number of rotatable bonds is 12. The molecule has 544 valence electrons. The number of amides is 5. The summed E-state index contributed by atoms with van der Waals surface area (Å²) < 4.78 is 59.6. The molecule has 10 rings (SSSR count). The van der Waals surface area contributed by atoms with Gasteiger partial charge in [-0.3, -0.25) is 24.2 Å². The molecular weight excluding hydrogens is 1350 g/mol. The van der Waals surface area contributed by atoms with Gasteiger partial charge in [-0.05, 0) is 152 Å². The highest BCUT2D eigenvalue weighted by molar-refractivity contribution is 6.05. The molecule has 0 spiro atoms. The molecule has 0 bridgehead atoms. The number of hydrogen-bond donors (Lipinski definition) is 6. The number of ether oxygens (including phenoxy) is 4. The number of likely N-dealkylation sites (tertiary alicyclic amines) is 1. The summed E-state index contributed by atoms with van der Waals surface area (Å²) in [7, 11) is 6.03. The smallest absolute Gasteiger partial charge is 0.415 e. The number of halogens is 4. The Hall–Kier alpha value is -9.30. The maximum Gasteiger partial charge on any atom is 0.415 e. The summed E-state index contributed by atoms with van der Waals surface area (Å²) in [5.74, 6) is 17.5. The first-order valence-electron chi connectivity index (χ1n) is 32.1. The maximum atomic E-state index is 15.4. The highest BCUT2D eigenvalue weighted by atomic mass is 35.5. The number of carboxylic acid groups (broad SMARTS) is 1. The summed E-state index contributed by atoms with van der Waals surface area (Å²) in [5.41, 5.74) is 10.0. The van der Waals surface area contributed by atoms with Crippen molar-refractivity contribution in [2.75, 3.05) is 64.4 Å². The minimum Gasteiger partial charge on any atom is -0.472 e. The Morgan fingerprint density at radius 1 is 0.624 bits per heavy atom. The van der Waals surface area contributed by atoms with E-state index in [-0.39, 0.29) is 95.3 Å². The third-order valence-electron chi connectivity index (χ3n) is 15.8. The highest BCUT2D eigenvalue weighted by Gasteiger charge is 2.41. The van der Waals surface area contributed by atoms with E-state index in [0.717, 1.165) is 47.7 Å². The number of hydrogen-bond acceptors (Lipinski definition) is 17. The number of nitrogens with zero attached hydrogens (tertiary/aromatic N) is 11. The maximum absolute atomic E-state index is 15.4. The minimum absolute atomic E-state index is 0. The first-order valence-corrected chi connectivity index (χ1v) is 32.1. The van der Waals surface area contributed by atoms with Crippen molar-refractivity contribution in [2.45, 2.75) is 180 Å². The molecule has 101 heavy (non-hydrogen) atoms. The zero-order valence-corrected chi connectivity index (χ0v) is 61.0. The Morgan fingerprint density at radius 3 is 1.41 bits per heavy atom. The number of carbonyl (C=O) groups is 6. The Balaban J connectivity index is 0.000000281. The van der Waals surface area contributed by atoms with E-state index in [0.29, 0.717) is 54.6 Å². The molecule has 6 aromatic rings. The number of benzene rings is 2. The van der Waals surface area contributed by atoms with E-state index in [1.54, 1.807) is 71.4 Å². The molecule has 4 fully saturated rings. The summed E-state index contributed by atoms with van der Waals surface area (Å²) in [6, 6.07) is 5.47. The van der Waals surface area contributed by atoms with Crippen molar-refractivity contribution in [2.24, 2.45) is 11.5 Å². The second-order valence-corrected chi connectivity index (χ2v) is 27.8. The topological polar surface area (TPSA) is 345 Å². The molecule has 2 saturated heterocycles. The van der Waals surface area contributed by atoms with E-state index in [1.165, 1.54) is 75.5 Å². The molecule has 4 aromatic heterocycles. The molecule has 2 aliphatic carbocycles. The van der Waals surface area contributed by atoms with E-state index in [4.69, 9.17) is 40.6 Å². The van der Waals surface area contributed by atoms with Gasteiger partial charge in [0.1, 0.15) is 56.8 Å². The number of aromatic nitrogens is 8. The predicted molar refractivity (Wildman–Crippen MR) is 377 cm³/mol. The fourth-order valence-electron chi connectivity index (χ4n) is 11.4. The third-order valence-corrected chi connectivity index (χ3v) is 15.8. The lowest BCUT2D eigenvalue weighted by atomic mass is 10.1. The lowest BCUT2D eigenvalue weighted by Gasteiger charge is -2.26. The van der Waals surface area contributed by atoms with E-state index in [1.807, 2.05) is 18.4 Å². The number of primary amides is 2. The van der Waals surface area contributed by atoms with Crippen LogP contribution >= 0.6 is 24.8 Å².